The zero-order valence-corrected chi connectivity index (χ0v) is 66.3. The van der Waals surface area contributed by atoms with Crippen LogP contribution in [-0.2, 0) is 14.3 Å². The highest BCUT2D eigenvalue weighted by Gasteiger charge is 2.18. The lowest BCUT2D eigenvalue weighted by atomic mass is 10.0. The van der Waals surface area contributed by atoms with Crippen molar-refractivity contribution in [3.63, 3.8) is 0 Å². The van der Waals surface area contributed by atoms with Gasteiger partial charge in [-0.1, -0.05) is 441 Å². The minimum absolute atomic E-state index is 0.0169. The van der Waals surface area contributed by atoms with Gasteiger partial charge in [0.05, 0.1) is 25.4 Å². The summed E-state index contributed by atoms with van der Waals surface area (Å²) in [7, 11) is 0. The summed E-state index contributed by atoms with van der Waals surface area (Å²) in [6.45, 7) is 4.93. The largest absolute Gasteiger partial charge is 0.466 e. The van der Waals surface area contributed by atoms with Crippen LogP contribution in [0.5, 0.6) is 0 Å². The van der Waals surface area contributed by atoms with Crippen LogP contribution in [0, 0.1) is 0 Å². The molecule has 0 spiro atoms. The predicted octanol–water partition coefficient (Wildman–Crippen LogP) is 30.1. The highest BCUT2D eigenvalue weighted by Crippen LogP contribution is 2.20. The van der Waals surface area contributed by atoms with Crippen molar-refractivity contribution in [2.24, 2.45) is 0 Å². The molecule has 98 heavy (non-hydrogen) atoms. The molecule has 0 aliphatic heterocycles. The Bertz CT molecular complexity index is 1680. The summed E-state index contributed by atoms with van der Waals surface area (Å²) in [6, 6.07) is -0.628. The van der Waals surface area contributed by atoms with E-state index in [1.807, 2.05) is 6.08 Å². The molecule has 0 fully saturated rings. The number of aliphatic hydroxyl groups is 2. The van der Waals surface area contributed by atoms with Crippen molar-refractivity contribution in [1.82, 2.24) is 5.32 Å². The average molecular weight is 1370 g/mol. The molecule has 3 N–H and O–H groups in total. The average Bonchev–Trinajstić information content (AvgIpc) is 1.77. The van der Waals surface area contributed by atoms with Crippen LogP contribution in [0.15, 0.2) is 60.8 Å². The zero-order valence-electron chi connectivity index (χ0n) is 66.3. The molecule has 6 heteroatoms. The topological polar surface area (TPSA) is 95.9 Å². The number of carbonyl (C=O) groups is 2. The Labute approximate surface area is 613 Å². The van der Waals surface area contributed by atoms with Crippen LogP contribution >= 0.6 is 0 Å². The van der Waals surface area contributed by atoms with Crippen LogP contribution in [-0.4, -0.2) is 47.4 Å². The maximum absolute atomic E-state index is 12.6. The number of carbonyl (C=O) groups excluding carboxylic acids is 2. The fraction of sp³-hybridized carbons (Fsp3) is 0.870. The summed E-state index contributed by atoms with van der Waals surface area (Å²) in [6.07, 6.45) is 118. The van der Waals surface area contributed by atoms with Crippen LogP contribution in [0.3, 0.4) is 0 Å². The standard InChI is InChI=1S/C92H173NO5/c1-3-5-7-9-11-13-15-17-19-21-23-24-42-45-49-52-56-60-64-68-72-76-80-84-90(95)89(88-94)93-91(96)85-81-77-73-69-65-61-57-53-50-46-43-40-38-36-34-32-30-28-26-25-27-29-31-33-35-37-39-41-44-47-51-55-59-63-67-71-75-79-83-87-98-92(97)86-82-78-74-70-66-62-58-54-48-22-20-18-16-14-12-10-8-6-4-2/h12,14,18,20,25-26,29,31,80,84,89-90,94-95H,3-11,13,15-17,19,21-24,27-28,30,32-79,81-83,85-88H2,1-2H3,(H,93,96)/b14-12-,20-18-,26-25-,31-29-,84-80+. The lowest BCUT2D eigenvalue weighted by molar-refractivity contribution is -0.143. The van der Waals surface area contributed by atoms with Gasteiger partial charge in [-0.25, -0.2) is 0 Å². The number of ether oxygens (including phenoxy) is 1. The number of rotatable bonds is 84. The molecule has 0 aliphatic rings. The minimum Gasteiger partial charge on any atom is -0.466 e. The molecular weight excluding hydrogens is 1200 g/mol. The van der Waals surface area contributed by atoms with Gasteiger partial charge in [0.25, 0.3) is 0 Å². The lowest BCUT2D eigenvalue weighted by Crippen LogP contribution is -2.45. The van der Waals surface area contributed by atoms with Gasteiger partial charge in [-0.05, 0) is 96.3 Å². The first-order valence-corrected chi connectivity index (χ1v) is 44.6. The number of aliphatic hydroxyl groups excluding tert-OH is 2. The summed E-state index contributed by atoms with van der Waals surface area (Å²) in [5, 5.41) is 23.3. The van der Waals surface area contributed by atoms with E-state index in [0.717, 1.165) is 57.8 Å². The van der Waals surface area contributed by atoms with E-state index in [0.29, 0.717) is 19.4 Å². The van der Waals surface area contributed by atoms with E-state index in [4.69, 9.17) is 4.74 Å². The van der Waals surface area contributed by atoms with Gasteiger partial charge in [0, 0.05) is 12.8 Å². The van der Waals surface area contributed by atoms with Crippen molar-refractivity contribution in [3.05, 3.63) is 60.8 Å². The molecule has 0 aromatic heterocycles. The highest BCUT2D eigenvalue weighted by atomic mass is 16.5. The molecule has 576 valence electrons. The molecule has 2 unspecified atom stereocenters. The number of nitrogens with one attached hydrogen (secondary N) is 1. The smallest absolute Gasteiger partial charge is 0.305 e. The Kier molecular flexibility index (Phi) is 84.8. The highest BCUT2D eigenvalue weighted by molar-refractivity contribution is 5.76. The Morgan fingerprint density at radius 3 is 0.796 bits per heavy atom. The fourth-order valence-corrected chi connectivity index (χ4v) is 14.0. The summed E-state index contributed by atoms with van der Waals surface area (Å²) in [5.74, 6) is -0.0431. The third-order valence-electron chi connectivity index (χ3n) is 20.8. The second kappa shape index (κ2) is 87.0. The first-order valence-electron chi connectivity index (χ1n) is 44.6. The van der Waals surface area contributed by atoms with Gasteiger partial charge in [0.2, 0.25) is 5.91 Å². The van der Waals surface area contributed by atoms with Gasteiger partial charge < -0.3 is 20.3 Å². The second-order valence-corrected chi connectivity index (χ2v) is 30.6. The summed E-state index contributed by atoms with van der Waals surface area (Å²) in [4.78, 5) is 24.7. The normalized spacial score (nSPS) is 12.7. The van der Waals surface area contributed by atoms with Gasteiger partial charge in [0.15, 0.2) is 0 Å². The van der Waals surface area contributed by atoms with Crippen LogP contribution in [0.2, 0.25) is 0 Å². The fourth-order valence-electron chi connectivity index (χ4n) is 14.0. The molecular formula is C92H173NO5. The Morgan fingerprint density at radius 1 is 0.286 bits per heavy atom. The molecule has 0 aromatic rings. The Morgan fingerprint density at radius 2 is 0.510 bits per heavy atom. The monoisotopic (exact) mass is 1370 g/mol. The number of esters is 1. The number of hydrogen-bond donors (Lipinski definition) is 3. The van der Waals surface area contributed by atoms with E-state index < -0.39 is 12.1 Å². The van der Waals surface area contributed by atoms with Crippen LogP contribution < -0.4 is 5.32 Å². The van der Waals surface area contributed by atoms with Gasteiger partial charge in [-0.2, -0.15) is 0 Å². The SMILES string of the molecule is CCCCC/C=C\C/C=C\CCCCCCCCCCCC(=O)OCCCCCCCCCCCCCCCCC/C=C\C/C=C\CCCCCCCCCCCCCCCCCCCC(=O)NC(CO)C(O)/C=C/CCCCCCCCCCCCCCCCCCCCCCC. The third-order valence-corrected chi connectivity index (χ3v) is 20.8. The maximum Gasteiger partial charge on any atom is 0.305 e. The van der Waals surface area contributed by atoms with E-state index in [-0.39, 0.29) is 18.5 Å². The van der Waals surface area contributed by atoms with Gasteiger partial charge in [-0.15, -0.1) is 0 Å². The van der Waals surface area contributed by atoms with Crippen molar-refractivity contribution in [2.45, 2.75) is 501 Å². The molecule has 0 heterocycles. The molecule has 6 nitrogen and oxygen atoms in total. The minimum atomic E-state index is -0.845. The first kappa shape index (κ1) is 95.6. The zero-order chi connectivity index (χ0) is 70.5. The molecule has 0 saturated carbocycles. The number of amides is 1. The van der Waals surface area contributed by atoms with E-state index in [2.05, 4.69) is 67.8 Å². The van der Waals surface area contributed by atoms with Gasteiger partial charge in [0.1, 0.15) is 0 Å². The van der Waals surface area contributed by atoms with E-state index >= 15 is 0 Å². The van der Waals surface area contributed by atoms with Crippen LogP contribution in [0.25, 0.3) is 0 Å². The first-order chi connectivity index (χ1) is 48.5. The molecule has 0 saturated heterocycles. The van der Waals surface area contributed by atoms with E-state index in [9.17, 15) is 19.8 Å². The van der Waals surface area contributed by atoms with E-state index in [1.54, 1.807) is 6.08 Å². The summed E-state index contributed by atoms with van der Waals surface area (Å²) in [5.41, 5.74) is 0. The number of allylic oxidation sites excluding steroid dienone is 9. The van der Waals surface area contributed by atoms with Crippen molar-refractivity contribution >= 4 is 11.9 Å². The van der Waals surface area contributed by atoms with Crippen molar-refractivity contribution < 1.29 is 24.5 Å². The lowest BCUT2D eigenvalue weighted by Gasteiger charge is -2.20. The quantitative estimate of drug-likeness (QED) is 0.0320. The number of unbranched alkanes of at least 4 members (excludes halogenated alkanes) is 65. The van der Waals surface area contributed by atoms with E-state index in [1.165, 1.54) is 405 Å². The predicted molar refractivity (Wildman–Crippen MR) is 435 cm³/mol. The molecule has 0 aromatic carbocycles. The Balaban J connectivity index is 3.37. The second-order valence-electron chi connectivity index (χ2n) is 30.6. The molecule has 0 bridgehead atoms. The third kappa shape index (κ3) is 82.5. The van der Waals surface area contributed by atoms with Gasteiger partial charge >= 0.3 is 5.97 Å². The molecule has 0 aliphatic carbocycles. The molecule has 0 radical (unpaired) electrons. The van der Waals surface area contributed by atoms with Crippen molar-refractivity contribution in [3.8, 4) is 0 Å². The summed E-state index contributed by atoms with van der Waals surface area (Å²) >= 11 is 0. The van der Waals surface area contributed by atoms with Crippen molar-refractivity contribution in [1.29, 1.82) is 0 Å². The molecule has 2 atom stereocenters. The van der Waals surface area contributed by atoms with Crippen LogP contribution in [0.1, 0.15) is 489 Å². The summed E-state index contributed by atoms with van der Waals surface area (Å²) < 4.78 is 5.52. The van der Waals surface area contributed by atoms with Gasteiger partial charge in [-0.3, -0.25) is 9.59 Å². The number of hydrogen-bond acceptors (Lipinski definition) is 5. The molecule has 1 amide bonds. The Hall–Kier alpha value is -2.44. The maximum atomic E-state index is 12.6. The molecule has 0 rings (SSSR count). The van der Waals surface area contributed by atoms with Crippen LogP contribution in [0.4, 0.5) is 0 Å². The van der Waals surface area contributed by atoms with Crippen molar-refractivity contribution in [2.75, 3.05) is 13.2 Å².